The van der Waals surface area contributed by atoms with E-state index in [1.165, 1.54) is 0 Å². The first-order chi connectivity index (χ1) is 18.7. The van der Waals surface area contributed by atoms with Gasteiger partial charge in [0.2, 0.25) is 5.88 Å². The van der Waals surface area contributed by atoms with Gasteiger partial charge in [0, 0.05) is 28.8 Å². The van der Waals surface area contributed by atoms with Crippen LogP contribution in [0.4, 0.5) is 5.69 Å². The van der Waals surface area contributed by atoms with Gasteiger partial charge in [-0.3, -0.25) is 14.6 Å². The SMILES string of the molecule is Cc1c(C(=O)Nc2ccc(-c3ccc(OCC(C)(C)C(=O)O)nc3)nc2)oc2ccc(-c3ccccc3)cc12. The number of furan rings is 1. The number of hydrogen-bond donors (Lipinski definition) is 2. The molecule has 0 spiro atoms. The molecule has 3 heterocycles. The van der Waals surface area contributed by atoms with Crippen LogP contribution < -0.4 is 10.1 Å². The van der Waals surface area contributed by atoms with Crippen molar-refractivity contribution in [3.8, 4) is 28.3 Å². The van der Waals surface area contributed by atoms with E-state index in [0.29, 0.717) is 22.8 Å². The van der Waals surface area contributed by atoms with Gasteiger partial charge in [-0.15, -0.1) is 0 Å². The van der Waals surface area contributed by atoms with Crippen LogP contribution in [0.15, 0.2) is 89.6 Å². The molecule has 0 aliphatic carbocycles. The zero-order valence-electron chi connectivity index (χ0n) is 21.8. The number of rotatable bonds is 8. The Hall–Kier alpha value is -4.98. The van der Waals surface area contributed by atoms with E-state index in [9.17, 15) is 14.7 Å². The minimum atomic E-state index is -1.02. The molecule has 0 fully saturated rings. The number of aryl methyl sites for hydroxylation is 1. The second-order valence-electron chi connectivity index (χ2n) is 9.88. The number of anilines is 1. The molecule has 0 unspecified atom stereocenters. The van der Waals surface area contributed by atoms with Gasteiger partial charge in [0.25, 0.3) is 5.91 Å². The van der Waals surface area contributed by atoms with Gasteiger partial charge in [-0.25, -0.2) is 4.98 Å². The van der Waals surface area contributed by atoms with Gasteiger partial charge in [-0.05, 0) is 62.2 Å². The maximum absolute atomic E-state index is 13.0. The number of benzene rings is 2. The van der Waals surface area contributed by atoms with Crippen LogP contribution in [-0.4, -0.2) is 33.6 Å². The first-order valence-electron chi connectivity index (χ1n) is 12.4. The summed E-state index contributed by atoms with van der Waals surface area (Å²) in [6, 6.07) is 22.9. The lowest BCUT2D eigenvalue weighted by atomic mass is 9.95. The molecule has 1 amide bonds. The molecule has 8 nitrogen and oxygen atoms in total. The minimum Gasteiger partial charge on any atom is -0.481 e. The average Bonchev–Trinajstić information content (AvgIpc) is 3.29. The Balaban J connectivity index is 1.27. The maximum atomic E-state index is 13.0. The van der Waals surface area contributed by atoms with Gasteiger partial charge in [0.1, 0.15) is 12.2 Å². The van der Waals surface area contributed by atoms with Crippen LogP contribution in [-0.2, 0) is 4.79 Å². The van der Waals surface area contributed by atoms with E-state index in [1.807, 2.05) is 55.5 Å². The summed E-state index contributed by atoms with van der Waals surface area (Å²) in [6.07, 6.45) is 3.17. The second-order valence-corrected chi connectivity index (χ2v) is 9.88. The van der Waals surface area contributed by atoms with Gasteiger partial charge in [-0.1, -0.05) is 36.4 Å². The normalized spacial score (nSPS) is 11.4. The number of carbonyl (C=O) groups is 2. The third-order valence-corrected chi connectivity index (χ3v) is 6.46. The molecule has 3 aromatic heterocycles. The summed E-state index contributed by atoms with van der Waals surface area (Å²) in [5, 5.41) is 13.0. The molecule has 2 N–H and O–H groups in total. The molecule has 5 aromatic rings. The van der Waals surface area contributed by atoms with Crippen LogP contribution in [0.25, 0.3) is 33.4 Å². The number of fused-ring (bicyclic) bond motifs is 1. The Labute approximate surface area is 225 Å². The van der Waals surface area contributed by atoms with E-state index in [4.69, 9.17) is 9.15 Å². The molecule has 0 atom stereocenters. The molecule has 8 heteroatoms. The fourth-order valence-corrected chi connectivity index (χ4v) is 4.01. The summed E-state index contributed by atoms with van der Waals surface area (Å²) in [7, 11) is 0. The maximum Gasteiger partial charge on any atom is 0.312 e. The van der Waals surface area contributed by atoms with Crippen LogP contribution in [0.5, 0.6) is 5.88 Å². The number of carboxylic acids is 1. The summed E-state index contributed by atoms with van der Waals surface area (Å²) in [6.45, 7) is 5.05. The Morgan fingerprint density at radius 1 is 0.923 bits per heavy atom. The zero-order valence-corrected chi connectivity index (χ0v) is 21.8. The quantitative estimate of drug-likeness (QED) is 0.236. The Kier molecular flexibility index (Phi) is 6.85. The number of carbonyl (C=O) groups excluding carboxylic acids is 1. The van der Waals surface area contributed by atoms with Crippen molar-refractivity contribution in [1.29, 1.82) is 0 Å². The summed E-state index contributed by atoms with van der Waals surface area (Å²) >= 11 is 0. The molecule has 5 rings (SSSR count). The van der Waals surface area contributed by atoms with Crippen LogP contribution in [0, 0.1) is 12.3 Å². The van der Waals surface area contributed by atoms with Crippen molar-refractivity contribution in [2.75, 3.05) is 11.9 Å². The van der Waals surface area contributed by atoms with Crippen molar-refractivity contribution in [3.05, 3.63) is 96.5 Å². The average molecular weight is 522 g/mol. The molecular formula is C31H27N3O5. The van der Waals surface area contributed by atoms with Crippen molar-refractivity contribution in [2.45, 2.75) is 20.8 Å². The third kappa shape index (κ3) is 5.50. The smallest absolute Gasteiger partial charge is 0.312 e. The van der Waals surface area contributed by atoms with Crippen LogP contribution in [0.1, 0.15) is 30.0 Å². The van der Waals surface area contributed by atoms with Crippen molar-refractivity contribution in [3.63, 3.8) is 0 Å². The number of amides is 1. The summed E-state index contributed by atoms with van der Waals surface area (Å²) in [4.78, 5) is 33.0. The molecule has 0 aliphatic rings. The van der Waals surface area contributed by atoms with E-state index >= 15 is 0 Å². The van der Waals surface area contributed by atoms with E-state index < -0.39 is 11.4 Å². The number of aliphatic carboxylic acids is 1. The van der Waals surface area contributed by atoms with E-state index in [-0.39, 0.29) is 18.3 Å². The highest BCUT2D eigenvalue weighted by Gasteiger charge is 2.28. The summed E-state index contributed by atoms with van der Waals surface area (Å²) in [5.74, 6) is -0.714. The molecular weight excluding hydrogens is 494 g/mol. The van der Waals surface area contributed by atoms with Gasteiger partial charge < -0.3 is 19.6 Å². The van der Waals surface area contributed by atoms with Crippen molar-refractivity contribution in [2.24, 2.45) is 5.41 Å². The molecule has 2 aromatic carbocycles. The predicted octanol–water partition coefficient (Wildman–Crippen LogP) is 6.61. The number of ether oxygens (including phenoxy) is 1. The lowest BCUT2D eigenvalue weighted by Gasteiger charge is -2.18. The van der Waals surface area contributed by atoms with Crippen molar-refractivity contribution < 1.29 is 23.8 Å². The standard InChI is InChI=1S/C31H27N3O5/c1-19-24-15-21(20-7-5-4-6-8-20)9-13-26(24)39-28(19)29(35)34-23-11-12-25(32-17-23)22-10-14-27(33-16-22)38-18-31(2,3)30(36)37/h4-17H,18H2,1-3H3,(H,34,35)(H,36,37). The Morgan fingerprint density at radius 2 is 1.69 bits per heavy atom. The summed E-state index contributed by atoms with van der Waals surface area (Å²) in [5.41, 5.74) is 4.48. The van der Waals surface area contributed by atoms with Crippen molar-refractivity contribution in [1.82, 2.24) is 9.97 Å². The molecule has 0 saturated heterocycles. The molecule has 196 valence electrons. The Bertz CT molecular complexity index is 1640. The molecule has 39 heavy (non-hydrogen) atoms. The number of aromatic nitrogens is 2. The van der Waals surface area contributed by atoms with E-state index in [0.717, 1.165) is 27.6 Å². The third-order valence-electron chi connectivity index (χ3n) is 6.46. The number of carboxylic acid groups (broad SMARTS) is 1. The molecule has 0 aliphatic heterocycles. The van der Waals surface area contributed by atoms with E-state index in [2.05, 4.69) is 15.3 Å². The Morgan fingerprint density at radius 3 is 2.36 bits per heavy atom. The number of pyridine rings is 2. The van der Waals surface area contributed by atoms with Crippen molar-refractivity contribution >= 4 is 28.5 Å². The summed E-state index contributed by atoms with van der Waals surface area (Å²) < 4.78 is 11.4. The van der Waals surface area contributed by atoms with Crippen LogP contribution in [0.2, 0.25) is 0 Å². The first-order valence-corrected chi connectivity index (χ1v) is 12.4. The van der Waals surface area contributed by atoms with Crippen LogP contribution >= 0.6 is 0 Å². The van der Waals surface area contributed by atoms with Gasteiger partial charge in [0.05, 0.1) is 23.0 Å². The zero-order chi connectivity index (χ0) is 27.6. The lowest BCUT2D eigenvalue weighted by Crippen LogP contribution is -2.30. The molecule has 0 saturated carbocycles. The monoisotopic (exact) mass is 521 g/mol. The minimum absolute atomic E-state index is 0.000217. The second kappa shape index (κ2) is 10.4. The van der Waals surface area contributed by atoms with E-state index in [1.54, 1.807) is 50.5 Å². The van der Waals surface area contributed by atoms with Crippen LogP contribution in [0.3, 0.4) is 0 Å². The highest BCUT2D eigenvalue weighted by molar-refractivity contribution is 6.06. The fourth-order valence-electron chi connectivity index (χ4n) is 4.01. The topological polar surface area (TPSA) is 115 Å². The number of hydrogen-bond acceptors (Lipinski definition) is 6. The predicted molar refractivity (Wildman–Crippen MR) is 149 cm³/mol. The molecule has 0 bridgehead atoms. The van der Waals surface area contributed by atoms with Gasteiger partial charge >= 0.3 is 5.97 Å². The van der Waals surface area contributed by atoms with Gasteiger partial charge in [0.15, 0.2) is 5.76 Å². The number of nitrogens with one attached hydrogen (secondary N) is 1. The molecule has 0 radical (unpaired) electrons. The first kappa shape index (κ1) is 25.7. The number of nitrogens with zero attached hydrogens (tertiary/aromatic N) is 2. The largest absolute Gasteiger partial charge is 0.481 e. The van der Waals surface area contributed by atoms with Gasteiger partial charge in [-0.2, -0.15) is 0 Å². The highest BCUT2D eigenvalue weighted by Crippen LogP contribution is 2.31. The highest BCUT2D eigenvalue weighted by atomic mass is 16.5. The lowest BCUT2D eigenvalue weighted by molar-refractivity contribution is -0.148. The fraction of sp³-hybridized carbons (Fsp3) is 0.161.